The van der Waals surface area contributed by atoms with Crippen molar-refractivity contribution in [2.75, 3.05) is 13.6 Å². The van der Waals surface area contributed by atoms with Crippen LogP contribution in [0, 0.1) is 5.82 Å². The number of nitrogens with zero attached hydrogens (tertiary/aromatic N) is 1. The van der Waals surface area contributed by atoms with E-state index in [2.05, 4.69) is 4.90 Å². The predicted molar refractivity (Wildman–Crippen MR) is 61.4 cm³/mol. The third-order valence-electron chi connectivity index (χ3n) is 2.04. The van der Waals surface area contributed by atoms with Gasteiger partial charge in [-0.1, -0.05) is 17.7 Å². The molecule has 0 aliphatic rings. The summed E-state index contributed by atoms with van der Waals surface area (Å²) >= 11 is 5.68. The molecule has 0 radical (unpaired) electrons. The standard InChI is InChI=1S/C11H16ClFN2/c1-8(14)6-15(2)7-9-3-4-11(13)10(12)5-9/h3-5,8H,6-7,14H2,1-2H3. The molecule has 4 heteroatoms. The Hall–Kier alpha value is -0.640. The Labute approximate surface area is 94.8 Å². The van der Waals surface area contributed by atoms with Crippen LogP contribution in [0.2, 0.25) is 5.02 Å². The van der Waals surface area contributed by atoms with Crippen LogP contribution in [0.5, 0.6) is 0 Å². The van der Waals surface area contributed by atoms with Gasteiger partial charge in [0.15, 0.2) is 0 Å². The topological polar surface area (TPSA) is 29.3 Å². The van der Waals surface area contributed by atoms with Crippen LogP contribution < -0.4 is 5.73 Å². The molecule has 1 rings (SSSR count). The number of hydrogen-bond donors (Lipinski definition) is 1. The summed E-state index contributed by atoms with van der Waals surface area (Å²) in [4.78, 5) is 2.08. The molecule has 0 spiro atoms. The van der Waals surface area contributed by atoms with Crippen LogP contribution in [0.4, 0.5) is 4.39 Å². The average Bonchev–Trinajstić information content (AvgIpc) is 2.10. The molecule has 0 saturated carbocycles. The largest absolute Gasteiger partial charge is 0.327 e. The van der Waals surface area contributed by atoms with Crippen LogP contribution in [0.1, 0.15) is 12.5 Å². The molecule has 1 aromatic rings. The molecule has 0 heterocycles. The number of halogens is 2. The molecule has 2 N–H and O–H groups in total. The monoisotopic (exact) mass is 230 g/mol. The van der Waals surface area contributed by atoms with Gasteiger partial charge >= 0.3 is 0 Å². The van der Waals surface area contributed by atoms with Crippen molar-refractivity contribution in [3.8, 4) is 0 Å². The lowest BCUT2D eigenvalue weighted by molar-refractivity contribution is 0.310. The summed E-state index contributed by atoms with van der Waals surface area (Å²) in [5.41, 5.74) is 6.66. The first kappa shape index (κ1) is 12.4. The molecule has 1 unspecified atom stereocenters. The van der Waals surface area contributed by atoms with E-state index in [-0.39, 0.29) is 16.9 Å². The highest BCUT2D eigenvalue weighted by atomic mass is 35.5. The highest BCUT2D eigenvalue weighted by Crippen LogP contribution is 2.16. The minimum absolute atomic E-state index is 0.130. The van der Waals surface area contributed by atoms with Crippen molar-refractivity contribution in [2.24, 2.45) is 5.73 Å². The van der Waals surface area contributed by atoms with Crippen molar-refractivity contribution in [1.29, 1.82) is 0 Å². The summed E-state index contributed by atoms with van der Waals surface area (Å²) in [6, 6.07) is 4.90. The molecule has 0 amide bonds. The number of hydrogen-bond acceptors (Lipinski definition) is 2. The summed E-state index contributed by atoms with van der Waals surface area (Å²) in [5, 5.41) is 0.168. The lowest BCUT2D eigenvalue weighted by Crippen LogP contribution is -2.32. The maximum absolute atomic E-state index is 12.9. The SMILES string of the molecule is CC(N)CN(C)Cc1ccc(F)c(Cl)c1. The molecule has 1 aromatic carbocycles. The van der Waals surface area contributed by atoms with E-state index in [9.17, 15) is 4.39 Å². The van der Waals surface area contributed by atoms with E-state index in [1.54, 1.807) is 12.1 Å². The Morgan fingerprint density at radius 3 is 2.73 bits per heavy atom. The van der Waals surface area contributed by atoms with Gasteiger partial charge in [-0.05, 0) is 31.7 Å². The van der Waals surface area contributed by atoms with E-state index in [0.29, 0.717) is 0 Å². The maximum atomic E-state index is 12.9. The summed E-state index contributed by atoms with van der Waals surface area (Å²) in [6.45, 7) is 3.48. The summed E-state index contributed by atoms with van der Waals surface area (Å²) in [7, 11) is 1.97. The summed E-state index contributed by atoms with van der Waals surface area (Å²) < 4.78 is 12.9. The molecule has 15 heavy (non-hydrogen) atoms. The Morgan fingerprint density at radius 2 is 2.20 bits per heavy atom. The molecule has 0 aliphatic carbocycles. The zero-order valence-electron chi connectivity index (χ0n) is 9.00. The Balaban J connectivity index is 2.60. The van der Waals surface area contributed by atoms with E-state index in [1.165, 1.54) is 6.07 Å². The molecule has 0 saturated heterocycles. The number of nitrogens with two attached hydrogens (primary N) is 1. The van der Waals surface area contributed by atoms with E-state index in [4.69, 9.17) is 17.3 Å². The molecule has 0 bridgehead atoms. The van der Waals surface area contributed by atoms with Gasteiger partial charge in [-0.3, -0.25) is 0 Å². The fourth-order valence-corrected chi connectivity index (χ4v) is 1.71. The maximum Gasteiger partial charge on any atom is 0.141 e. The smallest absolute Gasteiger partial charge is 0.141 e. The van der Waals surface area contributed by atoms with Crippen molar-refractivity contribution in [1.82, 2.24) is 4.90 Å². The third kappa shape index (κ3) is 4.16. The van der Waals surface area contributed by atoms with Gasteiger partial charge in [0, 0.05) is 19.1 Å². The minimum Gasteiger partial charge on any atom is -0.327 e. The van der Waals surface area contributed by atoms with Crippen LogP contribution >= 0.6 is 11.6 Å². The predicted octanol–water partition coefficient (Wildman–Crippen LogP) is 2.26. The normalized spacial score (nSPS) is 13.2. The lowest BCUT2D eigenvalue weighted by Gasteiger charge is -2.18. The fourth-order valence-electron chi connectivity index (χ4n) is 1.51. The molecule has 1 atom stereocenters. The average molecular weight is 231 g/mol. The zero-order valence-corrected chi connectivity index (χ0v) is 9.76. The van der Waals surface area contributed by atoms with Crippen molar-refractivity contribution < 1.29 is 4.39 Å². The molecule has 84 valence electrons. The van der Waals surface area contributed by atoms with Crippen LogP contribution in [-0.4, -0.2) is 24.5 Å². The van der Waals surface area contributed by atoms with E-state index < -0.39 is 0 Å². The van der Waals surface area contributed by atoms with Gasteiger partial charge in [0.25, 0.3) is 0 Å². The zero-order chi connectivity index (χ0) is 11.4. The Morgan fingerprint density at radius 1 is 1.53 bits per heavy atom. The Bertz CT molecular complexity index is 328. The highest BCUT2D eigenvalue weighted by molar-refractivity contribution is 6.30. The van der Waals surface area contributed by atoms with Gasteiger partial charge in [-0.2, -0.15) is 0 Å². The lowest BCUT2D eigenvalue weighted by atomic mass is 10.2. The van der Waals surface area contributed by atoms with Crippen molar-refractivity contribution in [2.45, 2.75) is 19.5 Å². The number of likely N-dealkylation sites (N-methyl/N-ethyl adjacent to an activating group) is 1. The first-order chi connectivity index (χ1) is 6.99. The fraction of sp³-hybridized carbons (Fsp3) is 0.455. The van der Waals surface area contributed by atoms with Crippen LogP contribution in [-0.2, 0) is 6.54 Å². The Kier molecular flexibility index (Phi) is 4.51. The molecule has 0 fully saturated rings. The van der Waals surface area contributed by atoms with Crippen LogP contribution in [0.3, 0.4) is 0 Å². The molecule has 0 aliphatic heterocycles. The van der Waals surface area contributed by atoms with Crippen LogP contribution in [0.25, 0.3) is 0 Å². The summed E-state index contributed by atoms with van der Waals surface area (Å²) in [6.07, 6.45) is 0. The first-order valence-corrected chi connectivity index (χ1v) is 5.25. The molecular weight excluding hydrogens is 215 g/mol. The second-order valence-electron chi connectivity index (χ2n) is 3.92. The van der Waals surface area contributed by atoms with Gasteiger partial charge in [0.1, 0.15) is 5.82 Å². The second kappa shape index (κ2) is 5.45. The third-order valence-corrected chi connectivity index (χ3v) is 2.33. The van der Waals surface area contributed by atoms with Crippen molar-refractivity contribution in [3.05, 3.63) is 34.6 Å². The van der Waals surface area contributed by atoms with E-state index >= 15 is 0 Å². The van der Waals surface area contributed by atoms with Crippen molar-refractivity contribution >= 4 is 11.6 Å². The number of benzene rings is 1. The van der Waals surface area contributed by atoms with Crippen LogP contribution in [0.15, 0.2) is 18.2 Å². The highest BCUT2D eigenvalue weighted by Gasteiger charge is 2.05. The van der Waals surface area contributed by atoms with Gasteiger partial charge < -0.3 is 10.6 Å². The van der Waals surface area contributed by atoms with Gasteiger partial charge in [-0.15, -0.1) is 0 Å². The molecular formula is C11H16ClFN2. The number of rotatable bonds is 4. The van der Waals surface area contributed by atoms with E-state index in [0.717, 1.165) is 18.7 Å². The van der Waals surface area contributed by atoms with Gasteiger partial charge in [0.2, 0.25) is 0 Å². The molecule has 2 nitrogen and oxygen atoms in total. The van der Waals surface area contributed by atoms with Gasteiger partial charge in [0.05, 0.1) is 5.02 Å². The van der Waals surface area contributed by atoms with Gasteiger partial charge in [-0.25, -0.2) is 4.39 Å². The molecule has 0 aromatic heterocycles. The summed E-state index contributed by atoms with van der Waals surface area (Å²) in [5.74, 6) is -0.379. The first-order valence-electron chi connectivity index (χ1n) is 4.87. The quantitative estimate of drug-likeness (QED) is 0.860. The second-order valence-corrected chi connectivity index (χ2v) is 4.33. The van der Waals surface area contributed by atoms with E-state index in [1.807, 2.05) is 14.0 Å². The minimum atomic E-state index is -0.379. The van der Waals surface area contributed by atoms with Crippen molar-refractivity contribution in [3.63, 3.8) is 0 Å².